The summed E-state index contributed by atoms with van der Waals surface area (Å²) in [5.74, 6) is -0.512. The van der Waals surface area contributed by atoms with Gasteiger partial charge in [-0.2, -0.15) is 0 Å². The first-order chi connectivity index (χ1) is 39.3. The third-order valence-electron chi connectivity index (χ3n) is 15.3. The quantitative estimate of drug-likeness (QED) is 0.0389. The van der Waals surface area contributed by atoms with Gasteiger partial charge in [0, 0.05) is 23.3 Å². The second-order valence-corrected chi connectivity index (χ2v) is 22.6. The molecule has 10 heteroatoms. The van der Waals surface area contributed by atoms with Gasteiger partial charge in [0.25, 0.3) is 0 Å². The maximum Gasteiger partial charge on any atom is 0.335 e. The Morgan fingerprint density at radius 1 is 0.362 bits per heavy atom. The number of aromatic carboxylic acids is 1. The van der Waals surface area contributed by atoms with Crippen LogP contribution in [-0.2, 0) is 38.9 Å². The van der Waals surface area contributed by atoms with Gasteiger partial charge in [0.05, 0.1) is 25.4 Å². The number of benzene rings is 2. The van der Waals surface area contributed by atoms with Gasteiger partial charge in [-0.05, 0) is 49.1 Å². The molecule has 0 unspecified atom stereocenters. The summed E-state index contributed by atoms with van der Waals surface area (Å²) >= 11 is 0. The number of esters is 2. The Morgan fingerprint density at radius 3 is 0.912 bits per heavy atom. The zero-order chi connectivity index (χ0) is 57.8. The Balaban J connectivity index is 2.27. The Labute approximate surface area is 488 Å². The van der Waals surface area contributed by atoms with Crippen LogP contribution in [0.15, 0.2) is 49.6 Å². The molecule has 0 heterocycles. The molecular formula is C70H116O10. The van der Waals surface area contributed by atoms with Crippen LogP contribution in [0.3, 0.4) is 0 Å². The Kier molecular flexibility index (Phi) is 46.0. The fraction of sp³-hybridized carbons (Fsp3) is 0.729. The van der Waals surface area contributed by atoms with Gasteiger partial charge in [0.15, 0.2) is 11.5 Å². The van der Waals surface area contributed by atoms with Crippen LogP contribution in [0.25, 0.3) is 0 Å². The second-order valence-electron chi connectivity index (χ2n) is 22.6. The first-order valence-corrected chi connectivity index (χ1v) is 32.9. The average molecular weight is 1120 g/mol. The zero-order valence-electron chi connectivity index (χ0n) is 51.4. The standard InChI is InChI=1S/C70H116O10/c1-6-11-14-17-20-23-26-29-32-35-38-41-44-47-50-75-64-53-60(57-80-68-62(58-78-66(71)9-4)55-61(70(73)74)56-63(68)59-79-67(72)10-5)54-65(76-51-48-45-42-39-36-33-30-27-24-21-18-15-12-7-2)69(64)77-52-49-46-43-40-37-34-31-28-25-22-19-16-13-8-3/h9-10,53-56H,4-8,11-52,57-59H2,1-3H3,(H,73,74). The van der Waals surface area contributed by atoms with Crippen molar-refractivity contribution in [3.63, 3.8) is 0 Å². The van der Waals surface area contributed by atoms with Crippen LogP contribution in [0.2, 0.25) is 0 Å². The molecule has 2 aromatic carbocycles. The molecule has 0 spiro atoms. The number of hydrogen-bond acceptors (Lipinski definition) is 9. The summed E-state index contributed by atoms with van der Waals surface area (Å²) in [7, 11) is 0. The van der Waals surface area contributed by atoms with Crippen LogP contribution >= 0.6 is 0 Å². The van der Waals surface area contributed by atoms with Gasteiger partial charge in [-0.3, -0.25) is 0 Å². The number of carboxylic acids is 1. The third kappa shape index (κ3) is 37.5. The van der Waals surface area contributed by atoms with Gasteiger partial charge >= 0.3 is 17.9 Å². The maximum absolute atomic E-state index is 12.3. The molecule has 0 fully saturated rings. The van der Waals surface area contributed by atoms with E-state index in [4.69, 9.17) is 28.4 Å². The molecule has 0 saturated carbocycles. The van der Waals surface area contributed by atoms with Gasteiger partial charge in [-0.25, -0.2) is 14.4 Å². The van der Waals surface area contributed by atoms with E-state index in [0.717, 1.165) is 56.2 Å². The van der Waals surface area contributed by atoms with Crippen molar-refractivity contribution in [3.05, 3.63) is 71.8 Å². The van der Waals surface area contributed by atoms with Gasteiger partial charge in [0.2, 0.25) is 5.75 Å². The fourth-order valence-electron chi connectivity index (χ4n) is 10.3. The van der Waals surface area contributed by atoms with Crippen molar-refractivity contribution >= 4 is 17.9 Å². The molecule has 0 radical (unpaired) electrons. The highest BCUT2D eigenvalue weighted by atomic mass is 16.5. The lowest BCUT2D eigenvalue weighted by atomic mass is 10.0. The SMILES string of the molecule is C=CC(=O)OCc1cc(C(=O)O)cc(COC(=O)C=C)c1OCc1cc(OCCCCCCCCCCCCCCCC)c(OCCCCCCCCCCCCCCCC)c(OCCCCCCCCCCCCCCCC)c1. The number of hydrogen-bond donors (Lipinski definition) is 1. The summed E-state index contributed by atoms with van der Waals surface area (Å²) in [6.07, 6.45) is 55.9. The Morgan fingerprint density at radius 2 is 0.637 bits per heavy atom. The molecule has 80 heavy (non-hydrogen) atoms. The number of carbonyl (C=O) groups is 3. The lowest BCUT2D eigenvalue weighted by Crippen LogP contribution is -2.11. The predicted molar refractivity (Wildman–Crippen MR) is 332 cm³/mol. The molecule has 0 aliphatic carbocycles. The smallest absolute Gasteiger partial charge is 0.335 e. The van der Waals surface area contributed by atoms with Crippen LogP contribution in [0.4, 0.5) is 0 Å². The van der Waals surface area contributed by atoms with Crippen molar-refractivity contribution in [1.29, 1.82) is 0 Å². The lowest BCUT2D eigenvalue weighted by Gasteiger charge is -2.20. The maximum atomic E-state index is 12.3. The molecule has 0 aliphatic heterocycles. The summed E-state index contributed by atoms with van der Waals surface area (Å²) in [6.45, 7) is 14.9. The molecule has 10 nitrogen and oxygen atoms in total. The number of ether oxygens (including phenoxy) is 6. The molecule has 0 bridgehead atoms. The average Bonchev–Trinajstić information content (AvgIpc) is 3.48. The molecule has 456 valence electrons. The number of unbranched alkanes of at least 4 members (excludes halogenated alkanes) is 39. The topological polar surface area (TPSA) is 127 Å². The monoisotopic (exact) mass is 1120 g/mol. The van der Waals surface area contributed by atoms with Crippen LogP contribution in [-0.4, -0.2) is 42.8 Å². The fourth-order valence-corrected chi connectivity index (χ4v) is 10.3. The van der Waals surface area contributed by atoms with Gasteiger partial charge in [-0.15, -0.1) is 0 Å². The van der Waals surface area contributed by atoms with Crippen molar-refractivity contribution in [2.45, 2.75) is 310 Å². The highest BCUT2D eigenvalue weighted by Gasteiger charge is 2.21. The molecule has 0 atom stereocenters. The number of rotatable bonds is 58. The van der Waals surface area contributed by atoms with Crippen molar-refractivity contribution in [2.75, 3.05) is 19.8 Å². The van der Waals surface area contributed by atoms with Crippen molar-refractivity contribution < 1.29 is 47.9 Å². The number of carbonyl (C=O) groups excluding carboxylic acids is 2. The largest absolute Gasteiger partial charge is 0.490 e. The van der Waals surface area contributed by atoms with E-state index in [1.54, 1.807) is 0 Å². The van der Waals surface area contributed by atoms with E-state index < -0.39 is 17.9 Å². The molecule has 2 rings (SSSR count). The second kappa shape index (κ2) is 51.4. The van der Waals surface area contributed by atoms with E-state index in [0.29, 0.717) is 48.2 Å². The van der Waals surface area contributed by atoms with Crippen LogP contribution in [0, 0.1) is 0 Å². The van der Waals surface area contributed by atoms with Crippen LogP contribution < -0.4 is 18.9 Å². The van der Waals surface area contributed by atoms with E-state index in [9.17, 15) is 19.5 Å². The molecule has 0 amide bonds. The molecule has 0 saturated heterocycles. The summed E-state index contributed by atoms with van der Waals surface area (Å²) in [5, 5.41) is 10.0. The minimum Gasteiger partial charge on any atom is -0.490 e. The molecule has 0 aliphatic rings. The van der Waals surface area contributed by atoms with Crippen molar-refractivity contribution in [2.24, 2.45) is 0 Å². The van der Waals surface area contributed by atoms with E-state index in [-0.39, 0.29) is 31.1 Å². The van der Waals surface area contributed by atoms with Crippen molar-refractivity contribution in [3.8, 4) is 23.0 Å². The highest BCUT2D eigenvalue weighted by Crippen LogP contribution is 2.41. The third-order valence-corrected chi connectivity index (χ3v) is 15.3. The molecular weight excluding hydrogens is 1000 g/mol. The summed E-state index contributed by atoms with van der Waals surface area (Å²) in [5.41, 5.74) is 1.25. The molecule has 2 aromatic rings. The van der Waals surface area contributed by atoms with E-state index >= 15 is 0 Å². The van der Waals surface area contributed by atoms with Gasteiger partial charge < -0.3 is 33.5 Å². The van der Waals surface area contributed by atoms with Gasteiger partial charge in [-0.1, -0.05) is 284 Å². The van der Waals surface area contributed by atoms with Gasteiger partial charge in [0.1, 0.15) is 25.6 Å². The van der Waals surface area contributed by atoms with Crippen LogP contribution in [0.1, 0.15) is 317 Å². The molecule has 1 N–H and O–H groups in total. The number of carboxylic acid groups (broad SMARTS) is 1. The molecule has 0 aromatic heterocycles. The summed E-state index contributed by atoms with van der Waals surface area (Å²) in [6, 6.07) is 6.70. The van der Waals surface area contributed by atoms with Crippen LogP contribution in [0.5, 0.6) is 23.0 Å². The van der Waals surface area contributed by atoms with E-state index in [2.05, 4.69) is 33.9 Å². The first kappa shape index (κ1) is 71.6. The lowest BCUT2D eigenvalue weighted by molar-refractivity contribution is -0.139. The normalized spacial score (nSPS) is 11.1. The van der Waals surface area contributed by atoms with Crippen molar-refractivity contribution in [1.82, 2.24) is 0 Å². The predicted octanol–water partition coefficient (Wildman–Crippen LogP) is 21.0. The Bertz CT molecular complexity index is 1770. The minimum absolute atomic E-state index is 0.0148. The summed E-state index contributed by atoms with van der Waals surface area (Å²) < 4.78 is 37.3. The summed E-state index contributed by atoms with van der Waals surface area (Å²) in [4.78, 5) is 36.8. The highest BCUT2D eigenvalue weighted by molar-refractivity contribution is 5.89. The van der Waals surface area contributed by atoms with E-state index in [1.165, 1.54) is 243 Å². The minimum atomic E-state index is -1.20. The Hall–Kier alpha value is -4.47. The first-order valence-electron chi connectivity index (χ1n) is 32.9. The van der Waals surface area contributed by atoms with E-state index in [1.807, 2.05) is 12.1 Å². The zero-order valence-corrected chi connectivity index (χ0v) is 51.4.